The normalized spacial score (nSPS) is 19.9. The summed E-state index contributed by atoms with van der Waals surface area (Å²) in [5, 5.41) is 10.3. The maximum atomic E-state index is 12.8. The largest absolute Gasteiger partial charge is 0.491 e. The van der Waals surface area contributed by atoms with E-state index in [0.717, 1.165) is 13.1 Å². The molecule has 1 aromatic rings. The van der Waals surface area contributed by atoms with E-state index < -0.39 is 5.60 Å². The van der Waals surface area contributed by atoms with E-state index in [1.807, 2.05) is 0 Å². The van der Waals surface area contributed by atoms with E-state index in [4.69, 9.17) is 4.74 Å². The van der Waals surface area contributed by atoms with E-state index >= 15 is 0 Å². The molecule has 3 nitrogen and oxygen atoms in total. The summed E-state index contributed by atoms with van der Waals surface area (Å²) in [4.78, 5) is 2.28. The van der Waals surface area contributed by atoms with Crippen molar-refractivity contribution in [3.8, 4) is 5.75 Å². The van der Waals surface area contributed by atoms with Crippen molar-refractivity contribution in [2.45, 2.75) is 31.8 Å². The molecular formula is C15H22FNO2. The summed E-state index contributed by atoms with van der Waals surface area (Å²) in [5.74, 6) is 0.299. The van der Waals surface area contributed by atoms with Gasteiger partial charge in [-0.1, -0.05) is 6.42 Å². The maximum Gasteiger partial charge on any atom is 0.123 e. The van der Waals surface area contributed by atoms with Crippen LogP contribution in [-0.2, 0) is 0 Å². The van der Waals surface area contributed by atoms with Crippen molar-refractivity contribution in [2.75, 3.05) is 26.2 Å². The average Bonchev–Trinajstić information content (AvgIpc) is 2.39. The van der Waals surface area contributed by atoms with E-state index in [-0.39, 0.29) is 12.4 Å². The van der Waals surface area contributed by atoms with Gasteiger partial charge in [-0.3, -0.25) is 0 Å². The van der Waals surface area contributed by atoms with Crippen LogP contribution in [0.4, 0.5) is 4.39 Å². The van der Waals surface area contributed by atoms with E-state index in [0.29, 0.717) is 12.3 Å². The zero-order valence-corrected chi connectivity index (χ0v) is 11.4. The fraction of sp³-hybridized carbons (Fsp3) is 0.600. The van der Waals surface area contributed by atoms with Gasteiger partial charge in [-0.15, -0.1) is 0 Å². The summed E-state index contributed by atoms with van der Waals surface area (Å²) >= 11 is 0. The molecule has 4 heteroatoms. The van der Waals surface area contributed by atoms with Crippen LogP contribution in [0.1, 0.15) is 26.2 Å². The zero-order valence-electron chi connectivity index (χ0n) is 11.4. The third kappa shape index (κ3) is 4.80. The summed E-state index contributed by atoms with van der Waals surface area (Å²) in [6.45, 7) is 4.72. The van der Waals surface area contributed by atoms with Gasteiger partial charge in [-0.25, -0.2) is 4.39 Å². The van der Waals surface area contributed by atoms with Crippen LogP contribution in [0, 0.1) is 5.82 Å². The molecule has 0 amide bonds. The first kappa shape index (κ1) is 14.3. The third-order valence-electron chi connectivity index (χ3n) is 3.38. The van der Waals surface area contributed by atoms with Gasteiger partial charge in [0.15, 0.2) is 0 Å². The first-order valence-electron chi connectivity index (χ1n) is 6.88. The maximum absolute atomic E-state index is 12.8. The minimum absolute atomic E-state index is 0.217. The minimum atomic E-state index is -0.883. The van der Waals surface area contributed by atoms with Crippen molar-refractivity contribution in [1.82, 2.24) is 4.90 Å². The van der Waals surface area contributed by atoms with Crippen molar-refractivity contribution >= 4 is 0 Å². The lowest BCUT2D eigenvalue weighted by molar-refractivity contribution is -0.0210. The number of rotatable bonds is 5. The first-order chi connectivity index (χ1) is 9.05. The molecule has 0 aromatic heterocycles. The molecule has 0 aliphatic carbocycles. The van der Waals surface area contributed by atoms with E-state index in [1.54, 1.807) is 19.1 Å². The predicted molar refractivity (Wildman–Crippen MR) is 72.8 cm³/mol. The van der Waals surface area contributed by atoms with Gasteiger partial charge in [-0.05, 0) is 57.1 Å². The number of halogens is 1. The summed E-state index contributed by atoms with van der Waals surface area (Å²) in [7, 11) is 0. The predicted octanol–water partition coefficient (Wildman–Crippen LogP) is 2.44. The molecule has 2 rings (SSSR count). The van der Waals surface area contributed by atoms with Crippen molar-refractivity contribution < 1.29 is 14.2 Å². The summed E-state index contributed by atoms with van der Waals surface area (Å²) in [6.07, 6.45) is 3.69. The fourth-order valence-electron chi connectivity index (χ4n) is 2.41. The monoisotopic (exact) mass is 267 g/mol. The molecular weight excluding hydrogens is 245 g/mol. The second kappa shape index (κ2) is 6.35. The summed E-state index contributed by atoms with van der Waals surface area (Å²) < 4.78 is 18.3. The Morgan fingerprint density at radius 3 is 2.47 bits per heavy atom. The molecule has 0 spiro atoms. The van der Waals surface area contributed by atoms with Crippen LogP contribution in [0.5, 0.6) is 5.75 Å². The molecule has 1 fully saturated rings. The van der Waals surface area contributed by atoms with Crippen molar-refractivity contribution in [1.29, 1.82) is 0 Å². The number of hydrogen-bond acceptors (Lipinski definition) is 3. The molecule has 19 heavy (non-hydrogen) atoms. The summed E-state index contributed by atoms with van der Waals surface area (Å²) in [5.41, 5.74) is -0.883. The highest BCUT2D eigenvalue weighted by Gasteiger charge is 2.25. The Morgan fingerprint density at radius 2 is 1.84 bits per heavy atom. The Balaban J connectivity index is 1.81. The van der Waals surface area contributed by atoms with E-state index in [2.05, 4.69) is 4.90 Å². The quantitative estimate of drug-likeness (QED) is 0.889. The van der Waals surface area contributed by atoms with Gasteiger partial charge >= 0.3 is 0 Å². The number of nitrogens with zero attached hydrogens (tertiary/aromatic N) is 1. The van der Waals surface area contributed by atoms with Gasteiger partial charge < -0.3 is 14.7 Å². The third-order valence-corrected chi connectivity index (χ3v) is 3.38. The molecule has 106 valence electrons. The molecule has 0 bridgehead atoms. The molecule has 1 atom stereocenters. The Bertz CT molecular complexity index is 386. The number of hydrogen-bond donors (Lipinski definition) is 1. The van der Waals surface area contributed by atoms with Gasteiger partial charge in [0.1, 0.15) is 23.8 Å². The molecule has 1 N–H and O–H groups in total. The van der Waals surface area contributed by atoms with Crippen molar-refractivity contribution in [2.24, 2.45) is 0 Å². The van der Waals surface area contributed by atoms with Gasteiger partial charge in [0, 0.05) is 6.54 Å². The fourth-order valence-corrected chi connectivity index (χ4v) is 2.41. The number of β-amino-alcohol motifs (C(OH)–C–C–N with tert-alkyl or cyclic N) is 1. The molecule has 0 radical (unpaired) electrons. The number of likely N-dealkylation sites (tertiary alicyclic amines) is 1. The molecule has 1 heterocycles. The van der Waals surface area contributed by atoms with Crippen LogP contribution >= 0.6 is 0 Å². The van der Waals surface area contributed by atoms with E-state index in [1.165, 1.54) is 31.4 Å². The number of ether oxygens (including phenoxy) is 1. The molecule has 0 saturated carbocycles. The second-order valence-corrected chi connectivity index (χ2v) is 5.58. The lowest BCUT2D eigenvalue weighted by Crippen LogP contribution is -2.46. The molecule has 0 unspecified atom stereocenters. The van der Waals surface area contributed by atoms with Crippen molar-refractivity contribution in [3.63, 3.8) is 0 Å². The second-order valence-electron chi connectivity index (χ2n) is 5.58. The Hall–Kier alpha value is -1.13. The highest BCUT2D eigenvalue weighted by molar-refractivity contribution is 5.22. The van der Waals surface area contributed by atoms with Crippen LogP contribution < -0.4 is 4.74 Å². The molecule has 1 aliphatic heterocycles. The van der Waals surface area contributed by atoms with Gasteiger partial charge in [0.05, 0.1) is 0 Å². The molecule has 1 aliphatic rings. The Labute approximate surface area is 114 Å². The minimum Gasteiger partial charge on any atom is -0.491 e. The van der Waals surface area contributed by atoms with Crippen LogP contribution in [0.25, 0.3) is 0 Å². The van der Waals surface area contributed by atoms with Gasteiger partial charge in [0.25, 0.3) is 0 Å². The van der Waals surface area contributed by atoms with Crippen LogP contribution in [0.3, 0.4) is 0 Å². The standard InChI is InChI=1S/C15H22FNO2/c1-15(18,11-17-9-3-2-4-10-17)12-19-14-7-5-13(16)6-8-14/h5-8,18H,2-4,9-12H2,1H3/t15-/m0/s1. The van der Waals surface area contributed by atoms with Crippen LogP contribution in [0.2, 0.25) is 0 Å². The lowest BCUT2D eigenvalue weighted by Gasteiger charge is -2.33. The smallest absolute Gasteiger partial charge is 0.123 e. The van der Waals surface area contributed by atoms with Crippen LogP contribution in [-0.4, -0.2) is 41.8 Å². The highest BCUT2D eigenvalue weighted by Crippen LogP contribution is 2.16. The van der Waals surface area contributed by atoms with Gasteiger partial charge in [0.2, 0.25) is 0 Å². The SMILES string of the molecule is C[C@@](O)(COc1ccc(F)cc1)CN1CCCCC1. The van der Waals surface area contributed by atoms with E-state index in [9.17, 15) is 9.50 Å². The van der Waals surface area contributed by atoms with Gasteiger partial charge in [-0.2, -0.15) is 0 Å². The number of benzene rings is 1. The zero-order chi connectivity index (χ0) is 13.7. The number of piperidine rings is 1. The lowest BCUT2D eigenvalue weighted by atomic mass is 10.0. The van der Waals surface area contributed by atoms with Crippen LogP contribution in [0.15, 0.2) is 24.3 Å². The molecule has 1 aromatic carbocycles. The highest BCUT2D eigenvalue weighted by atomic mass is 19.1. The average molecular weight is 267 g/mol. The molecule has 1 saturated heterocycles. The number of aliphatic hydroxyl groups is 1. The first-order valence-corrected chi connectivity index (χ1v) is 6.88. The Kier molecular flexibility index (Phi) is 4.77. The van der Waals surface area contributed by atoms with Crippen molar-refractivity contribution in [3.05, 3.63) is 30.1 Å². The Morgan fingerprint density at radius 1 is 1.21 bits per heavy atom. The topological polar surface area (TPSA) is 32.7 Å². The summed E-state index contributed by atoms with van der Waals surface area (Å²) in [6, 6.07) is 5.86.